The monoisotopic (exact) mass is 352 g/mol. The van der Waals surface area contributed by atoms with E-state index in [0.717, 1.165) is 19.3 Å². The fourth-order valence-corrected chi connectivity index (χ4v) is 3.40. The largest absolute Gasteiger partial charge is 0.347 e. The fraction of sp³-hybridized carbons (Fsp3) is 0.850. The highest BCUT2D eigenvalue weighted by atomic mass is 16.2. The molecule has 1 atom stereocenters. The predicted octanol–water partition coefficient (Wildman–Crippen LogP) is 3.60. The van der Waals surface area contributed by atoms with E-state index in [0.29, 0.717) is 19.4 Å². The summed E-state index contributed by atoms with van der Waals surface area (Å²) in [6.07, 6.45) is 13.2. The smallest absolute Gasteiger partial charge is 0.243 e. The molecule has 5 nitrogen and oxygen atoms in total. The Kier molecular flexibility index (Phi) is 11.2. The van der Waals surface area contributed by atoms with Crippen LogP contribution in [0.4, 0.5) is 0 Å². The van der Waals surface area contributed by atoms with Crippen molar-refractivity contribution in [1.82, 2.24) is 10.2 Å². The van der Waals surface area contributed by atoms with Gasteiger partial charge in [-0.1, -0.05) is 58.3 Å². The summed E-state index contributed by atoms with van der Waals surface area (Å²) < 4.78 is 0. The minimum atomic E-state index is -0.384. The second kappa shape index (κ2) is 12.9. The van der Waals surface area contributed by atoms with E-state index >= 15 is 0 Å². The Morgan fingerprint density at radius 3 is 2.16 bits per heavy atom. The molecule has 0 bridgehead atoms. The molecule has 2 amide bonds. The summed E-state index contributed by atoms with van der Waals surface area (Å²) in [5.74, 6) is -0.171. The zero-order valence-electron chi connectivity index (χ0n) is 16.1. The van der Waals surface area contributed by atoms with Crippen molar-refractivity contribution < 1.29 is 14.4 Å². The summed E-state index contributed by atoms with van der Waals surface area (Å²) >= 11 is 0. The third kappa shape index (κ3) is 9.03. The normalized spacial score (nSPS) is 16.9. The number of nitrogens with one attached hydrogen (secondary N) is 1. The molecule has 0 saturated carbocycles. The lowest BCUT2D eigenvalue weighted by Crippen LogP contribution is -2.46. The zero-order chi connectivity index (χ0) is 18.5. The van der Waals surface area contributed by atoms with Crippen molar-refractivity contribution >= 4 is 17.6 Å². The Labute approximate surface area is 152 Å². The van der Waals surface area contributed by atoms with Gasteiger partial charge in [-0.25, -0.2) is 0 Å². The number of ketones is 1. The molecule has 5 heteroatoms. The number of amides is 2. The van der Waals surface area contributed by atoms with Crippen LogP contribution in [0.3, 0.4) is 0 Å². The maximum atomic E-state index is 12.4. The van der Waals surface area contributed by atoms with Gasteiger partial charge in [-0.3, -0.25) is 14.4 Å². The summed E-state index contributed by atoms with van der Waals surface area (Å²) in [6.45, 7) is 4.39. The molecule has 0 aliphatic carbocycles. The third-order valence-corrected chi connectivity index (χ3v) is 4.88. The highest BCUT2D eigenvalue weighted by molar-refractivity contribution is 5.90. The van der Waals surface area contributed by atoms with Crippen LogP contribution in [-0.4, -0.2) is 41.6 Å². The van der Waals surface area contributed by atoms with Crippen molar-refractivity contribution in [3.63, 3.8) is 0 Å². The van der Waals surface area contributed by atoms with Crippen molar-refractivity contribution in [3.05, 3.63) is 0 Å². The molecule has 1 aliphatic heterocycles. The molecule has 0 radical (unpaired) electrons. The van der Waals surface area contributed by atoms with E-state index in [9.17, 15) is 14.4 Å². The van der Waals surface area contributed by atoms with Crippen molar-refractivity contribution in [2.24, 2.45) is 0 Å². The lowest BCUT2D eigenvalue weighted by Gasteiger charge is -2.23. The first-order valence-electron chi connectivity index (χ1n) is 10.1. The van der Waals surface area contributed by atoms with E-state index in [1.807, 2.05) is 0 Å². The number of rotatable bonds is 13. The molecule has 1 saturated heterocycles. The van der Waals surface area contributed by atoms with Crippen LogP contribution in [0.25, 0.3) is 0 Å². The van der Waals surface area contributed by atoms with Crippen LogP contribution in [-0.2, 0) is 14.4 Å². The SMILES string of the molecule is CCCCCCCCCCCC(=O)N1CCCC1C(=O)NCC(C)=O. The van der Waals surface area contributed by atoms with Gasteiger partial charge in [0.15, 0.2) is 0 Å². The maximum Gasteiger partial charge on any atom is 0.243 e. The molecule has 1 fully saturated rings. The molecule has 144 valence electrons. The molecule has 0 spiro atoms. The lowest BCUT2D eigenvalue weighted by atomic mass is 10.1. The zero-order valence-corrected chi connectivity index (χ0v) is 16.1. The van der Waals surface area contributed by atoms with E-state index in [2.05, 4.69) is 12.2 Å². The second-order valence-electron chi connectivity index (χ2n) is 7.24. The summed E-state index contributed by atoms with van der Waals surface area (Å²) in [4.78, 5) is 37.2. The number of Topliss-reactive ketones (excluding diaryl/α,β-unsaturated/α-hetero) is 1. The first-order valence-corrected chi connectivity index (χ1v) is 10.1. The van der Waals surface area contributed by atoms with Crippen LogP contribution in [0.15, 0.2) is 0 Å². The van der Waals surface area contributed by atoms with Crippen LogP contribution >= 0.6 is 0 Å². The number of carbonyl (C=O) groups excluding carboxylic acids is 3. The molecule has 1 rings (SSSR count). The number of nitrogens with zero attached hydrogens (tertiary/aromatic N) is 1. The van der Waals surface area contributed by atoms with E-state index in [1.54, 1.807) is 4.90 Å². The summed E-state index contributed by atoms with van der Waals surface area (Å²) in [5, 5.41) is 2.63. The standard InChI is InChI=1S/C20H36N2O3/c1-3-4-5-6-7-8-9-10-11-14-19(24)22-15-12-13-18(22)20(25)21-16-17(2)23/h18H,3-16H2,1-2H3,(H,21,25). The van der Waals surface area contributed by atoms with Gasteiger partial charge in [0.25, 0.3) is 0 Å². The number of hydrogen-bond donors (Lipinski definition) is 1. The molecular formula is C20H36N2O3. The van der Waals surface area contributed by atoms with Gasteiger partial charge in [-0.2, -0.15) is 0 Å². The molecule has 0 aromatic carbocycles. The van der Waals surface area contributed by atoms with Crippen molar-refractivity contribution in [2.75, 3.05) is 13.1 Å². The first kappa shape index (κ1) is 21.7. The second-order valence-corrected chi connectivity index (χ2v) is 7.24. The van der Waals surface area contributed by atoms with Crippen LogP contribution in [0.1, 0.15) is 90.9 Å². The fourth-order valence-electron chi connectivity index (χ4n) is 3.40. The number of unbranched alkanes of at least 4 members (excludes halogenated alkanes) is 8. The highest BCUT2D eigenvalue weighted by Crippen LogP contribution is 2.20. The Morgan fingerprint density at radius 2 is 1.56 bits per heavy atom. The first-order chi connectivity index (χ1) is 12.1. The van der Waals surface area contributed by atoms with E-state index < -0.39 is 0 Å². The minimum Gasteiger partial charge on any atom is -0.347 e. The molecule has 25 heavy (non-hydrogen) atoms. The Bertz CT molecular complexity index is 423. The topological polar surface area (TPSA) is 66.5 Å². The summed E-state index contributed by atoms with van der Waals surface area (Å²) in [6, 6.07) is -0.384. The Morgan fingerprint density at radius 1 is 0.960 bits per heavy atom. The lowest BCUT2D eigenvalue weighted by molar-refractivity contribution is -0.138. The maximum absolute atomic E-state index is 12.4. The van der Waals surface area contributed by atoms with Crippen molar-refractivity contribution in [2.45, 2.75) is 96.9 Å². The van der Waals surface area contributed by atoms with Gasteiger partial charge >= 0.3 is 0 Å². The van der Waals surface area contributed by atoms with Gasteiger partial charge in [0.1, 0.15) is 11.8 Å². The number of carbonyl (C=O) groups is 3. The van der Waals surface area contributed by atoms with Gasteiger partial charge in [0.05, 0.1) is 6.54 Å². The Hall–Kier alpha value is -1.39. The average Bonchev–Trinajstić information content (AvgIpc) is 3.08. The summed E-state index contributed by atoms with van der Waals surface area (Å²) in [7, 11) is 0. The van der Waals surface area contributed by atoms with Crippen LogP contribution in [0.5, 0.6) is 0 Å². The van der Waals surface area contributed by atoms with Gasteiger partial charge < -0.3 is 10.2 Å². The number of likely N-dealkylation sites (tertiary alicyclic amines) is 1. The van der Waals surface area contributed by atoms with E-state index in [4.69, 9.17) is 0 Å². The molecule has 0 aromatic heterocycles. The van der Waals surface area contributed by atoms with Crippen LogP contribution in [0.2, 0.25) is 0 Å². The third-order valence-electron chi connectivity index (χ3n) is 4.88. The molecule has 1 aliphatic rings. The van der Waals surface area contributed by atoms with Crippen LogP contribution in [0, 0.1) is 0 Å². The van der Waals surface area contributed by atoms with Crippen LogP contribution < -0.4 is 5.32 Å². The predicted molar refractivity (Wildman–Crippen MR) is 100 cm³/mol. The number of hydrogen-bond acceptors (Lipinski definition) is 3. The molecule has 1 heterocycles. The Balaban J connectivity index is 2.16. The van der Waals surface area contributed by atoms with Gasteiger partial charge in [-0.15, -0.1) is 0 Å². The van der Waals surface area contributed by atoms with Crippen molar-refractivity contribution in [1.29, 1.82) is 0 Å². The molecule has 1 N–H and O–H groups in total. The molecule has 0 aromatic rings. The molecular weight excluding hydrogens is 316 g/mol. The van der Waals surface area contributed by atoms with Gasteiger partial charge in [0, 0.05) is 13.0 Å². The van der Waals surface area contributed by atoms with Gasteiger partial charge in [-0.05, 0) is 26.2 Å². The van der Waals surface area contributed by atoms with E-state index in [-0.39, 0.29) is 30.2 Å². The highest BCUT2D eigenvalue weighted by Gasteiger charge is 2.33. The van der Waals surface area contributed by atoms with E-state index in [1.165, 1.54) is 51.9 Å². The minimum absolute atomic E-state index is 0.0512. The van der Waals surface area contributed by atoms with Crippen molar-refractivity contribution in [3.8, 4) is 0 Å². The molecule has 1 unspecified atom stereocenters. The summed E-state index contributed by atoms with van der Waals surface area (Å²) in [5.41, 5.74) is 0. The van der Waals surface area contributed by atoms with Gasteiger partial charge in [0.2, 0.25) is 11.8 Å². The average molecular weight is 353 g/mol. The quantitative estimate of drug-likeness (QED) is 0.515.